The van der Waals surface area contributed by atoms with Crippen LogP contribution in [0.15, 0.2) is 61.2 Å². The van der Waals surface area contributed by atoms with Crippen molar-refractivity contribution in [3.63, 3.8) is 0 Å². The molecule has 0 bridgehead atoms. The van der Waals surface area contributed by atoms with Gasteiger partial charge in [-0.15, -0.1) is 0 Å². The zero-order chi connectivity index (χ0) is 19.6. The van der Waals surface area contributed by atoms with Gasteiger partial charge < -0.3 is 10.6 Å². The summed E-state index contributed by atoms with van der Waals surface area (Å²) in [6.07, 6.45) is 7.18. The summed E-state index contributed by atoms with van der Waals surface area (Å²) in [4.78, 5) is 16.6. The van der Waals surface area contributed by atoms with Crippen LogP contribution in [0.2, 0.25) is 0 Å². The highest BCUT2D eigenvalue weighted by Gasteiger charge is 2.38. The van der Waals surface area contributed by atoms with Crippen molar-refractivity contribution in [2.75, 3.05) is 11.9 Å². The maximum absolute atomic E-state index is 12.7. The van der Waals surface area contributed by atoms with E-state index in [2.05, 4.69) is 32.8 Å². The molecule has 29 heavy (non-hydrogen) atoms. The number of nitrogens with one attached hydrogen (secondary N) is 2. The maximum atomic E-state index is 12.7. The molecule has 0 saturated heterocycles. The summed E-state index contributed by atoms with van der Waals surface area (Å²) in [6.45, 7) is 1.76. The third-order valence-electron chi connectivity index (χ3n) is 5.75. The number of aromatic nitrogens is 3. The second-order valence-corrected chi connectivity index (χ2v) is 8.17. The summed E-state index contributed by atoms with van der Waals surface area (Å²) in [5.41, 5.74) is 3.82. The Morgan fingerprint density at radius 2 is 2.00 bits per heavy atom. The first-order valence-corrected chi connectivity index (χ1v) is 10.3. The van der Waals surface area contributed by atoms with E-state index in [9.17, 15) is 4.79 Å². The summed E-state index contributed by atoms with van der Waals surface area (Å²) >= 11 is 0. The van der Waals surface area contributed by atoms with Gasteiger partial charge in [0.25, 0.3) is 5.91 Å². The molecule has 1 aromatic heterocycles. The minimum Gasteiger partial charge on any atom is -0.322 e. The molecular weight excluding hydrogens is 362 g/mol. The Kier molecular flexibility index (Phi) is 4.86. The molecule has 1 heterocycles. The first kappa shape index (κ1) is 18.1. The molecule has 0 aliphatic heterocycles. The Bertz CT molecular complexity index is 979. The zero-order valence-corrected chi connectivity index (χ0v) is 16.3. The second kappa shape index (κ2) is 7.79. The molecule has 6 nitrogen and oxygen atoms in total. The van der Waals surface area contributed by atoms with E-state index in [4.69, 9.17) is 0 Å². The van der Waals surface area contributed by atoms with Crippen LogP contribution < -0.4 is 10.6 Å². The van der Waals surface area contributed by atoms with Crippen LogP contribution in [0.3, 0.4) is 0 Å². The van der Waals surface area contributed by atoms with Gasteiger partial charge in [-0.2, -0.15) is 5.10 Å². The van der Waals surface area contributed by atoms with Gasteiger partial charge in [0.2, 0.25) is 0 Å². The van der Waals surface area contributed by atoms with Crippen LogP contribution in [0.4, 0.5) is 5.69 Å². The van der Waals surface area contributed by atoms with E-state index >= 15 is 0 Å². The van der Waals surface area contributed by atoms with E-state index in [1.54, 1.807) is 11.0 Å². The largest absolute Gasteiger partial charge is 0.322 e. The van der Waals surface area contributed by atoms with Crippen LogP contribution in [-0.2, 0) is 6.54 Å². The minimum atomic E-state index is -0.103. The van der Waals surface area contributed by atoms with Gasteiger partial charge in [0, 0.05) is 23.2 Å². The van der Waals surface area contributed by atoms with Gasteiger partial charge in [0.1, 0.15) is 12.7 Å². The van der Waals surface area contributed by atoms with E-state index in [1.165, 1.54) is 37.7 Å². The fraction of sp³-hybridized carbons (Fsp3) is 0.348. The molecule has 2 saturated carbocycles. The van der Waals surface area contributed by atoms with Crippen molar-refractivity contribution in [1.82, 2.24) is 20.1 Å². The van der Waals surface area contributed by atoms with Crippen molar-refractivity contribution in [3.8, 4) is 0 Å². The predicted octanol–water partition coefficient (Wildman–Crippen LogP) is 3.43. The molecule has 1 amide bonds. The van der Waals surface area contributed by atoms with Crippen molar-refractivity contribution in [1.29, 1.82) is 0 Å². The summed E-state index contributed by atoms with van der Waals surface area (Å²) < 4.78 is 1.74. The Hall–Kier alpha value is -2.99. The lowest BCUT2D eigenvalue weighted by Crippen LogP contribution is -2.20. The monoisotopic (exact) mass is 387 g/mol. The van der Waals surface area contributed by atoms with Crippen molar-refractivity contribution in [2.45, 2.75) is 37.8 Å². The van der Waals surface area contributed by atoms with E-state index < -0.39 is 0 Å². The van der Waals surface area contributed by atoms with Crippen LogP contribution in [0, 0.1) is 5.92 Å². The van der Waals surface area contributed by atoms with Crippen molar-refractivity contribution in [2.24, 2.45) is 5.92 Å². The number of amides is 1. The molecule has 0 spiro atoms. The van der Waals surface area contributed by atoms with E-state index in [1.807, 2.05) is 36.4 Å². The lowest BCUT2D eigenvalue weighted by molar-refractivity contribution is 0.102. The van der Waals surface area contributed by atoms with Crippen LogP contribution in [0.5, 0.6) is 0 Å². The SMILES string of the molecule is O=C(Nc1ccc([C@@H]2C[C@H]2NCC2CC2)cc1)c1cccc(Cn2cncn2)c1. The molecule has 3 aromatic rings. The van der Waals surface area contributed by atoms with Gasteiger partial charge in [-0.1, -0.05) is 24.3 Å². The molecular formula is C23H25N5O. The first-order valence-electron chi connectivity index (χ1n) is 10.3. The Morgan fingerprint density at radius 3 is 2.76 bits per heavy atom. The topological polar surface area (TPSA) is 71.8 Å². The van der Waals surface area contributed by atoms with Crippen LogP contribution in [0.1, 0.15) is 46.7 Å². The number of anilines is 1. The number of hydrogen-bond acceptors (Lipinski definition) is 4. The molecule has 2 N–H and O–H groups in total. The maximum Gasteiger partial charge on any atom is 0.255 e. The smallest absolute Gasteiger partial charge is 0.255 e. The molecule has 0 unspecified atom stereocenters. The Balaban J connectivity index is 1.17. The molecule has 2 aliphatic carbocycles. The van der Waals surface area contributed by atoms with Gasteiger partial charge in [-0.25, -0.2) is 9.67 Å². The van der Waals surface area contributed by atoms with Crippen molar-refractivity contribution < 1.29 is 4.79 Å². The van der Waals surface area contributed by atoms with E-state index in [0.29, 0.717) is 24.1 Å². The third kappa shape index (κ3) is 4.54. The Morgan fingerprint density at radius 1 is 1.14 bits per heavy atom. The number of carbonyl (C=O) groups is 1. The van der Waals surface area contributed by atoms with Crippen molar-refractivity contribution in [3.05, 3.63) is 77.9 Å². The van der Waals surface area contributed by atoms with E-state index in [-0.39, 0.29) is 5.91 Å². The average molecular weight is 387 g/mol. The molecule has 2 aliphatic rings. The summed E-state index contributed by atoms with van der Waals surface area (Å²) in [7, 11) is 0. The summed E-state index contributed by atoms with van der Waals surface area (Å²) in [5.74, 6) is 1.43. The van der Waals surface area contributed by atoms with Crippen molar-refractivity contribution >= 4 is 11.6 Å². The molecule has 2 fully saturated rings. The van der Waals surface area contributed by atoms with Gasteiger partial charge in [-0.05, 0) is 67.1 Å². The average Bonchev–Trinajstić information content (AvgIpc) is 3.66. The molecule has 148 valence electrons. The Labute approximate surface area is 170 Å². The second-order valence-electron chi connectivity index (χ2n) is 8.17. The quantitative estimate of drug-likeness (QED) is 0.621. The zero-order valence-electron chi connectivity index (χ0n) is 16.3. The number of rotatable bonds is 8. The normalized spacial score (nSPS) is 20.4. The summed E-state index contributed by atoms with van der Waals surface area (Å²) in [5, 5.41) is 10.8. The highest BCUT2D eigenvalue weighted by molar-refractivity contribution is 6.04. The third-order valence-corrected chi connectivity index (χ3v) is 5.75. The number of carbonyl (C=O) groups excluding carboxylic acids is 1. The van der Waals surface area contributed by atoms with Gasteiger partial charge >= 0.3 is 0 Å². The highest BCUT2D eigenvalue weighted by atomic mass is 16.1. The number of benzene rings is 2. The van der Waals surface area contributed by atoms with E-state index in [0.717, 1.165) is 17.2 Å². The number of hydrogen-bond donors (Lipinski definition) is 2. The predicted molar refractivity (Wildman–Crippen MR) is 112 cm³/mol. The first-order chi connectivity index (χ1) is 14.2. The lowest BCUT2D eigenvalue weighted by atomic mass is 10.1. The van der Waals surface area contributed by atoms with Crippen LogP contribution >= 0.6 is 0 Å². The fourth-order valence-electron chi connectivity index (χ4n) is 3.76. The minimum absolute atomic E-state index is 0.103. The molecule has 0 radical (unpaired) electrons. The van der Waals surface area contributed by atoms with Gasteiger partial charge in [0.05, 0.1) is 6.54 Å². The molecule has 2 aromatic carbocycles. The fourth-order valence-corrected chi connectivity index (χ4v) is 3.76. The van der Waals surface area contributed by atoms with Crippen LogP contribution in [0.25, 0.3) is 0 Å². The van der Waals surface area contributed by atoms with Gasteiger partial charge in [0.15, 0.2) is 0 Å². The van der Waals surface area contributed by atoms with Gasteiger partial charge in [-0.3, -0.25) is 4.79 Å². The summed E-state index contributed by atoms with van der Waals surface area (Å²) in [6, 6.07) is 16.5. The lowest BCUT2D eigenvalue weighted by Gasteiger charge is -2.09. The standard InChI is InChI=1S/C23H25N5O/c29-23(19-3-1-2-17(10-19)13-28-15-24-14-26-28)27-20-8-6-18(7-9-20)21-11-22(21)25-12-16-4-5-16/h1-3,6-10,14-16,21-22,25H,4-5,11-13H2,(H,27,29)/t21-,22+/m0/s1. The number of nitrogens with zero attached hydrogens (tertiary/aromatic N) is 3. The molecule has 6 heteroatoms. The highest BCUT2D eigenvalue weighted by Crippen LogP contribution is 2.41. The van der Waals surface area contributed by atoms with Crippen LogP contribution in [-0.4, -0.2) is 33.3 Å². The molecule has 2 atom stereocenters. The molecule has 5 rings (SSSR count).